The number of anilines is 1. The van der Waals surface area contributed by atoms with Crippen LogP contribution >= 0.6 is 34.5 Å². The van der Waals surface area contributed by atoms with Crippen LogP contribution in [0.2, 0.25) is 10.0 Å². The predicted molar refractivity (Wildman–Crippen MR) is 128 cm³/mol. The molecule has 0 aromatic carbocycles. The fourth-order valence-corrected chi connectivity index (χ4v) is 3.98. The Hall–Kier alpha value is -2.73. The van der Waals surface area contributed by atoms with Crippen LogP contribution in [-0.2, 0) is 20.9 Å². The van der Waals surface area contributed by atoms with Crippen molar-refractivity contribution in [1.29, 1.82) is 0 Å². The van der Waals surface area contributed by atoms with Gasteiger partial charge >= 0.3 is 11.8 Å². The molecule has 2 aromatic heterocycles. The van der Waals surface area contributed by atoms with E-state index in [0.29, 0.717) is 16.6 Å². The number of aromatic nitrogens is 1. The Morgan fingerprint density at radius 2 is 1.79 bits per heavy atom. The third-order valence-corrected chi connectivity index (χ3v) is 5.97. The first-order chi connectivity index (χ1) is 15.5. The molecule has 0 bridgehead atoms. The van der Waals surface area contributed by atoms with Gasteiger partial charge in [-0.15, -0.1) is 11.3 Å². The van der Waals surface area contributed by atoms with Crippen molar-refractivity contribution >= 4 is 64.0 Å². The number of halogens is 2. The van der Waals surface area contributed by atoms with Crippen molar-refractivity contribution in [3.05, 3.63) is 44.2 Å². The van der Waals surface area contributed by atoms with Crippen molar-refractivity contribution in [2.45, 2.75) is 12.6 Å². The zero-order chi connectivity index (χ0) is 24.7. The van der Waals surface area contributed by atoms with Crippen LogP contribution in [-0.4, -0.2) is 79.2 Å². The molecule has 10 nitrogen and oxygen atoms in total. The van der Waals surface area contributed by atoms with Crippen LogP contribution in [0.15, 0.2) is 23.7 Å². The molecule has 0 saturated heterocycles. The van der Waals surface area contributed by atoms with Gasteiger partial charge in [0.1, 0.15) is 16.7 Å². The van der Waals surface area contributed by atoms with E-state index in [1.165, 1.54) is 37.3 Å². The van der Waals surface area contributed by atoms with E-state index in [-0.39, 0.29) is 17.2 Å². The molecule has 13 heteroatoms. The van der Waals surface area contributed by atoms with Crippen molar-refractivity contribution in [2.24, 2.45) is 0 Å². The molecule has 0 aliphatic carbocycles. The van der Waals surface area contributed by atoms with E-state index in [1.807, 2.05) is 19.0 Å². The second kappa shape index (κ2) is 11.9. The minimum absolute atomic E-state index is 0.134. The molecule has 2 heterocycles. The Labute approximate surface area is 205 Å². The lowest BCUT2D eigenvalue weighted by atomic mass is 10.2. The number of thiophene rings is 1. The van der Waals surface area contributed by atoms with Crippen LogP contribution in [0.1, 0.15) is 15.2 Å². The average molecular weight is 515 g/mol. The number of nitrogens with zero attached hydrogens (tertiary/aromatic N) is 3. The zero-order valence-electron chi connectivity index (χ0n) is 18.4. The van der Waals surface area contributed by atoms with Gasteiger partial charge < -0.3 is 25.8 Å². The number of carbonyl (C=O) groups is 4. The van der Waals surface area contributed by atoms with Gasteiger partial charge in [-0.05, 0) is 37.2 Å². The Bertz CT molecular complexity index is 1030. The number of nitrogens with one attached hydrogen (secondary N) is 3. The maximum absolute atomic E-state index is 12.8. The molecule has 0 radical (unpaired) electrons. The van der Waals surface area contributed by atoms with E-state index in [9.17, 15) is 19.2 Å². The smallest absolute Gasteiger partial charge is 0.314 e. The molecular weight excluding hydrogens is 491 g/mol. The van der Waals surface area contributed by atoms with Gasteiger partial charge in [0.05, 0.1) is 10.0 Å². The van der Waals surface area contributed by atoms with Gasteiger partial charge in [-0.1, -0.05) is 23.2 Å². The Morgan fingerprint density at radius 3 is 2.36 bits per heavy atom. The first-order valence-electron chi connectivity index (χ1n) is 9.63. The number of hydrogen-bond acceptors (Lipinski definition) is 7. The largest absolute Gasteiger partial charge is 0.347 e. The SMILES string of the molecule is CN(C)Cc1csc(C(=O)NC(CNC(=O)C(=O)Nc2ccc(Cl)cn2)C(=O)N(C)C)c1Cl. The molecule has 0 fully saturated rings. The summed E-state index contributed by atoms with van der Waals surface area (Å²) in [5, 5.41) is 9.70. The van der Waals surface area contributed by atoms with Crippen LogP contribution in [0.5, 0.6) is 0 Å². The highest BCUT2D eigenvalue weighted by molar-refractivity contribution is 7.13. The molecule has 0 aliphatic heterocycles. The Kier molecular flexibility index (Phi) is 9.59. The lowest BCUT2D eigenvalue weighted by Gasteiger charge is -2.22. The van der Waals surface area contributed by atoms with E-state index >= 15 is 0 Å². The maximum Gasteiger partial charge on any atom is 0.314 e. The van der Waals surface area contributed by atoms with Gasteiger partial charge in [-0.3, -0.25) is 19.2 Å². The highest BCUT2D eigenvalue weighted by Crippen LogP contribution is 2.28. The minimum Gasteiger partial charge on any atom is -0.347 e. The topological polar surface area (TPSA) is 124 Å². The molecule has 0 aliphatic rings. The molecule has 0 spiro atoms. The van der Waals surface area contributed by atoms with Crippen LogP contribution < -0.4 is 16.0 Å². The van der Waals surface area contributed by atoms with Crippen LogP contribution in [0, 0.1) is 0 Å². The number of pyridine rings is 1. The summed E-state index contributed by atoms with van der Waals surface area (Å²) in [6.07, 6.45) is 1.32. The lowest BCUT2D eigenvalue weighted by Crippen LogP contribution is -2.53. The van der Waals surface area contributed by atoms with E-state index in [0.717, 1.165) is 16.9 Å². The summed E-state index contributed by atoms with van der Waals surface area (Å²) >= 11 is 13.2. The molecule has 0 saturated carbocycles. The Balaban J connectivity index is 2.04. The van der Waals surface area contributed by atoms with Crippen molar-refractivity contribution < 1.29 is 19.2 Å². The number of hydrogen-bond donors (Lipinski definition) is 3. The van der Waals surface area contributed by atoms with Crippen molar-refractivity contribution in [1.82, 2.24) is 25.4 Å². The minimum atomic E-state index is -1.12. The summed E-state index contributed by atoms with van der Waals surface area (Å²) in [4.78, 5) is 56.9. The van der Waals surface area contributed by atoms with Gasteiger partial charge in [-0.2, -0.15) is 0 Å². The first kappa shape index (κ1) is 26.5. The molecule has 1 unspecified atom stereocenters. The second-order valence-corrected chi connectivity index (χ2v) is 9.12. The third kappa shape index (κ3) is 7.67. The standard InChI is InChI=1S/C20H24Cl2N6O4S/c1-27(2)9-11-10-33-16(15(11)22)17(29)25-13(20(32)28(3)4)8-24-18(30)19(31)26-14-6-5-12(21)7-23-14/h5-7,10,13H,8-9H2,1-4H3,(H,24,30)(H,25,29)(H,23,26,31). The van der Waals surface area contributed by atoms with Gasteiger partial charge in [-0.25, -0.2) is 4.98 Å². The third-order valence-electron chi connectivity index (χ3n) is 4.18. The second-order valence-electron chi connectivity index (χ2n) is 7.43. The van der Waals surface area contributed by atoms with Gasteiger partial charge in [0.25, 0.3) is 5.91 Å². The van der Waals surface area contributed by atoms with Crippen molar-refractivity contribution in [2.75, 3.05) is 40.1 Å². The Morgan fingerprint density at radius 1 is 1.09 bits per heavy atom. The van der Waals surface area contributed by atoms with Crippen LogP contribution in [0.4, 0.5) is 5.82 Å². The summed E-state index contributed by atoms with van der Waals surface area (Å²) in [7, 11) is 6.77. The maximum atomic E-state index is 12.8. The lowest BCUT2D eigenvalue weighted by molar-refractivity contribution is -0.136. The van der Waals surface area contributed by atoms with Crippen molar-refractivity contribution in [3.63, 3.8) is 0 Å². The van der Waals surface area contributed by atoms with E-state index in [2.05, 4.69) is 20.9 Å². The molecule has 178 valence electrons. The molecule has 3 N–H and O–H groups in total. The predicted octanol–water partition coefficient (Wildman–Crippen LogP) is 1.45. The summed E-state index contributed by atoms with van der Waals surface area (Å²) in [5.74, 6) is -2.87. The van der Waals surface area contributed by atoms with Crippen LogP contribution in [0.25, 0.3) is 0 Å². The molecule has 4 amide bonds. The summed E-state index contributed by atoms with van der Waals surface area (Å²) in [6.45, 7) is 0.243. The molecular formula is C20H24Cl2N6O4S. The van der Waals surface area contributed by atoms with Gasteiger partial charge in [0, 0.05) is 33.4 Å². The molecule has 2 aromatic rings. The summed E-state index contributed by atoms with van der Waals surface area (Å²) < 4.78 is 0. The summed E-state index contributed by atoms with van der Waals surface area (Å²) in [5.41, 5.74) is 0.785. The van der Waals surface area contributed by atoms with Gasteiger partial charge in [0.2, 0.25) is 5.91 Å². The van der Waals surface area contributed by atoms with Gasteiger partial charge in [0.15, 0.2) is 0 Å². The molecule has 33 heavy (non-hydrogen) atoms. The van der Waals surface area contributed by atoms with E-state index < -0.39 is 29.7 Å². The average Bonchev–Trinajstić information content (AvgIpc) is 3.11. The number of carbonyl (C=O) groups excluding carboxylic acids is 4. The quantitative estimate of drug-likeness (QED) is 0.458. The number of rotatable bonds is 8. The number of likely N-dealkylation sites (N-methyl/N-ethyl adjacent to an activating group) is 1. The van der Waals surface area contributed by atoms with E-state index in [4.69, 9.17) is 23.2 Å². The number of amides is 4. The highest BCUT2D eigenvalue weighted by atomic mass is 35.5. The molecule has 2 rings (SSSR count). The monoisotopic (exact) mass is 514 g/mol. The fraction of sp³-hybridized carbons (Fsp3) is 0.350. The first-order valence-corrected chi connectivity index (χ1v) is 11.3. The zero-order valence-corrected chi connectivity index (χ0v) is 20.8. The van der Waals surface area contributed by atoms with Crippen LogP contribution in [0.3, 0.4) is 0 Å². The van der Waals surface area contributed by atoms with Crippen molar-refractivity contribution in [3.8, 4) is 0 Å². The highest BCUT2D eigenvalue weighted by Gasteiger charge is 2.27. The molecule has 1 atom stereocenters. The normalized spacial score (nSPS) is 11.6. The van der Waals surface area contributed by atoms with E-state index in [1.54, 1.807) is 5.38 Å². The fourth-order valence-electron chi connectivity index (χ4n) is 2.61. The summed E-state index contributed by atoms with van der Waals surface area (Å²) in [6, 6.07) is 1.82.